The molecule has 6 heteroatoms. The highest BCUT2D eigenvalue weighted by Gasteiger charge is 2.12. The third-order valence-corrected chi connectivity index (χ3v) is 2.07. The molecule has 0 saturated heterocycles. The molecule has 5 nitrogen and oxygen atoms in total. The Morgan fingerprint density at radius 1 is 1.60 bits per heavy atom. The van der Waals surface area contributed by atoms with Gasteiger partial charge in [-0.2, -0.15) is 5.10 Å². The first kappa shape index (κ1) is 9.79. The van der Waals surface area contributed by atoms with Crippen LogP contribution in [0.5, 0.6) is 0 Å². The minimum absolute atomic E-state index is 0.161. The molecule has 2 aromatic rings. The van der Waals surface area contributed by atoms with E-state index in [1.54, 1.807) is 6.20 Å². The van der Waals surface area contributed by atoms with Crippen molar-refractivity contribution in [1.29, 1.82) is 0 Å². The molecular formula is C9H8ClN3O2. The van der Waals surface area contributed by atoms with Crippen molar-refractivity contribution in [3.05, 3.63) is 34.9 Å². The van der Waals surface area contributed by atoms with Gasteiger partial charge in [-0.05, 0) is 30.7 Å². The molecule has 0 fully saturated rings. The molecule has 0 atom stereocenters. The number of hydrogen-bond acceptors (Lipinski definition) is 3. The van der Waals surface area contributed by atoms with E-state index in [0.29, 0.717) is 5.82 Å². The minimum atomic E-state index is -0.366. The zero-order chi connectivity index (χ0) is 10.8. The summed E-state index contributed by atoms with van der Waals surface area (Å²) in [5.41, 5.74) is 0.848. The lowest BCUT2D eigenvalue weighted by molar-refractivity contribution is 0.0996. The van der Waals surface area contributed by atoms with Gasteiger partial charge in [-0.15, -0.1) is 0 Å². The molecule has 15 heavy (non-hydrogen) atoms. The largest absolute Gasteiger partial charge is 0.440 e. The van der Waals surface area contributed by atoms with Crippen molar-refractivity contribution < 1.29 is 9.21 Å². The first-order valence-corrected chi connectivity index (χ1v) is 4.61. The van der Waals surface area contributed by atoms with Gasteiger partial charge in [0.1, 0.15) is 5.82 Å². The van der Waals surface area contributed by atoms with Gasteiger partial charge in [-0.3, -0.25) is 9.89 Å². The van der Waals surface area contributed by atoms with Crippen LogP contribution in [0.15, 0.2) is 22.7 Å². The van der Waals surface area contributed by atoms with Crippen molar-refractivity contribution in [2.45, 2.75) is 6.92 Å². The zero-order valence-electron chi connectivity index (χ0n) is 7.87. The summed E-state index contributed by atoms with van der Waals surface area (Å²) in [4.78, 5) is 11.6. The molecule has 2 N–H and O–H groups in total. The third kappa shape index (κ3) is 2.02. The second-order valence-electron chi connectivity index (χ2n) is 2.99. The zero-order valence-corrected chi connectivity index (χ0v) is 8.63. The van der Waals surface area contributed by atoms with Gasteiger partial charge in [0.15, 0.2) is 11.0 Å². The molecule has 2 rings (SSSR count). The number of furan rings is 1. The fraction of sp³-hybridized carbons (Fsp3) is 0.111. The molecule has 0 aliphatic heterocycles. The van der Waals surface area contributed by atoms with Crippen molar-refractivity contribution in [1.82, 2.24) is 10.2 Å². The highest BCUT2D eigenvalue weighted by Crippen LogP contribution is 2.15. The molecule has 0 unspecified atom stereocenters. The molecule has 0 aliphatic rings. The molecule has 0 saturated carbocycles. The minimum Gasteiger partial charge on any atom is -0.440 e. The molecule has 0 aliphatic carbocycles. The van der Waals surface area contributed by atoms with Crippen molar-refractivity contribution in [3.8, 4) is 0 Å². The summed E-state index contributed by atoms with van der Waals surface area (Å²) in [5, 5.41) is 9.23. The number of carbonyl (C=O) groups excluding carboxylic acids is 1. The van der Waals surface area contributed by atoms with Crippen LogP contribution >= 0.6 is 11.6 Å². The van der Waals surface area contributed by atoms with E-state index in [-0.39, 0.29) is 16.9 Å². The van der Waals surface area contributed by atoms with Gasteiger partial charge in [0, 0.05) is 5.56 Å². The summed E-state index contributed by atoms with van der Waals surface area (Å²) in [6, 6.07) is 3.01. The monoisotopic (exact) mass is 225 g/mol. The van der Waals surface area contributed by atoms with Crippen molar-refractivity contribution >= 4 is 23.3 Å². The van der Waals surface area contributed by atoms with E-state index in [4.69, 9.17) is 16.0 Å². The topological polar surface area (TPSA) is 70.9 Å². The molecular weight excluding hydrogens is 218 g/mol. The Kier molecular flexibility index (Phi) is 2.47. The summed E-state index contributed by atoms with van der Waals surface area (Å²) in [6.45, 7) is 1.83. The average molecular weight is 226 g/mol. The Balaban J connectivity index is 2.14. The van der Waals surface area contributed by atoms with E-state index in [1.165, 1.54) is 12.1 Å². The van der Waals surface area contributed by atoms with Crippen LogP contribution in [-0.4, -0.2) is 16.1 Å². The third-order valence-electron chi connectivity index (χ3n) is 1.86. The number of hydrogen-bond donors (Lipinski definition) is 2. The number of halogens is 1. The van der Waals surface area contributed by atoms with Crippen LogP contribution < -0.4 is 5.32 Å². The molecule has 78 valence electrons. The second-order valence-corrected chi connectivity index (χ2v) is 3.36. The number of amides is 1. The first-order valence-electron chi connectivity index (χ1n) is 4.23. The lowest BCUT2D eigenvalue weighted by Gasteiger charge is -2.00. The molecule has 1 amide bonds. The van der Waals surface area contributed by atoms with Gasteiger partial charge in [0.2, 0.25) is 0 Å². The van der Waals surface area contributed by atoms with Crippen molar-refractivity contribution in [2.24, 2.45) is 0 Å². The molecule has 0 spiro atoms. The van der Waals surface area contributed by atoms with Crippen molar-refractivity contribution in [2.75, 3.05) is 5.32 Å². The molecule has 2 heterocycles. The molecule has 2 aromatic heterocycles. The predicted molar refractivity (Wildman–Crippen MR) is 55.0 cm³/mol. The second kappa shape index (κ2) is 3.78. The Hall–Kier alpha value is -1.75. The lowest BCUT2D eigenvalue weighted by atomic mass is 10.3. The number of nitrogens with zero attached hydrogens (tertiary/aromatic N) is 1. The number of carbonyl (C=O) groups is 1. The fourth-order valence-corrected chi connectivity index (χ4v) is 1.23. The van der Waals surface area contributed by atoms with E-state index >= 15 is 0 Å². The van der Waals surface area contributed by atoms with Crippen LogP contribution in [0.1, 0.15) is 16.1 Å². The molecule has 0 bridgehead atoms. The van der Waals surface area contributed by atoms with Crippen LogP contribution in [0.3, 0.4) is 0 Å². The Morgan fingerprint density at radius 3 is 2.93 bits per heavy atom. The summed E-state index contributed by atoms with van der Waals surface area (Å²) in [5.74, 6) is 0.343. The van der Waals surface area contributed by atoms with E-state index in [1.807, 2.05) is 6.92 Å². The van der Waals surface area contributed by atoms with Crippen LogP contribution in [0, 0.1) is 6.92 Å². The van der Waals surface area contributed by atoms with E-state index in [9.17, 15) is 4.79 Å². The number of aromatic amines is 1. The van der Waals surface area contributed by atoms with Gasteiger partial charge in [0.25, 0.3) is 5.91 Å². The molecule has 0 aromatic carbocycles. The Morgan fingerprint density at radius 2 is 2.40 bits per heavy atom. The number of aryl methyl sites for hydroxylation is 1. The van der Waals surface area contributed by atoms with Gasteiger partial charge < -0.3 is 9.73 Å². The summed E-state index contributed by atoms with van der Waals surface area (Å²) in [6.07, 6.45) is 1.62. The number of H-pyrrole nitrogens is 1. The van der Waals surface area contributed by atoms with Crippen LogP contribution in [0.25, 0.3) is 0 Å². The van der Waals surface area contributed by atoms with Crippen LogP contribution in [-0.2, 0) is 0 Å². The number of aromatic nitrogens is 2. The lowest BCUT2D eigenvalue weighted by Crippen LogP contribution is -2.11. The average Bonchev–Trinajstić information content (AvgIpc) is 2.77. The summed E-state index contributed by atoms with van der Waals surface area (Å²) < 4.78 is 4.95. The maximum atomic E-state index is 11.6. The number of rotatable bonds is 2. The predicted octanol–water partition coefficient (Wildman–Crippen LogP) is 2.22. The summed E-state index contributed by atoms with van der Waals surface area (Å²) in [7, 11) is 0. The van der Waals surface area contributed by atoms with Crippen LogP contribution in [0.4, 0.5) is 5.82 Å². The first-order chi connectivity index (χ1) is 7.16. The Labute approximate surface area is 90.4 Å². The van der Waals surface area contributed by atoms with Gasteiger partial charge in [-0.1, -0.05) is 0 Å². The van der Waals surface area contributed by atoms with Crippen molar-refractivity contribution in [3.63, 3.8) is 0 Å². The van der Waals surface area contributed by atoms with Gasteiger partial charge in [-0.25, -0.2) is 0 Å². The van der Waals surface area contributed by atoms with E-state index in [0.717, 1.165) is 5.56 Å². The SMILES string of the molecule is Cc1cn[nH]c1NC(=O)c1ccc(Cl)o1. The van der Waals surface area contributed by atoms with Gasteiger partial charge in [0.05, 0.1) is 6.20 Å². The maximum Gasteiger partial charge on any atom is 0.292 e. The maximum absolute atomic E-state index is 11.6. The highest BCUT2D eigenvalue weighted by molar-refractivity contribution is 6.29. The quantitative estimate of drug-likeness (QED) is 0.823. The van der Waals surface area contributed by atoms with E-state index < -0.39 is 0 Å². The molecule has 0 radical (unpaired) electrons. The van der Waals surface area contributed by atoms with Crippen LogP contribution in [0.2, 0.25) is 5.22 Å². The normalized spacial score (nSPS) is 10.3. The highest BCUT2D eigenvalue weighted by atomic mass is 35.5. The number of nitrogens with one attached hydrogen (secondary N) is 2. The smallest absolute Gasteiger partial charge is 0.292 e. The summed E-state index contributed by atoms with van der Waals surface area (Å²) >= 11 is 5.55. The fourth-order valence-electron chi connectivity index (χ4n) is 1.08. The van der Waals surface area contributed by atoms with Gasteiger partial charge >= 0.3 is 0 Å². The number of anilines is 1. The van der Waals surface area contributed by atoms with E-state index in [2.05, 4.69) is 15.5 Å². The Bertz CT molecular complexity index is 489. The standard InChI is InChI=1S/C9H8ClN3O2/c1-5-4-11-13-8(5)12-9(14)6-2-3-7(10)15-6/h2-4H,1H3,(H2,11,12,13,14).